The van der Waals surface area contributed by atoms with Crippen LogP contribution in [0.2, 0.25) is 0 Å². The first-order valence-corrected chi connectivity index (χ1v) is 8.01. The molecule has 6 N–H and O–H groups in total. The summed E-state index contributed by atoms with van der Waals surface area (Å²) in [6, 6.07) is 15.9. The molecule has 0 radical (unpaired) electrons. The standard InChI is InChI=1S/C19H20N4O2/c20-17(24)9-16-18(19(21)25)14-7-6-13(8-15(14)23-16)11-22-10-12-4-2-1-3-5-12/h1-8,22-23H,9-11H2,(H2,20,24)(H2,21,25). The first-order chi connectivity index (χ1) is 12.0. The summed E-state index contributed by atoms with van der Waals surface area (Å²) in [4.78, 5) is 26.0. The number of primary amides is 2. The number of aromatic amines is 1. The SMILES string of the molecule is NC(=O)Cc1[nH]c2cc(CNCc3ccccc3)ccc2c1C(N)=O. The Morgan fingerprint density at radius 2 is 1.68 bits per heavy atom. The van der Waals surface area contributed by atoms with Gasteiger partial charge in [-0.05, 0) is 17.2 Å². The molecule has 0 unspecified atom stereocenters. The molecule has 0 saturated carbocycles. The molecular weight excluding hydrogens is 316 g/mol. The molecule has 0 aliphatic heterocycles. The van der Waals surface area contributed by atoms with E-state index in [1.165, 1.54) is 5.56 Å². The van der Waals surface area contributed by atoms with Gasteiger partial charge in [0.05, 0.1) is 12.0 Å². The van der Waals surface area contributed by atoms with Crippen LogP contribution in [0.3, 0.4) is 0 Å². The highest BCUT2D eigenvalue weighted by Gasteiger charge is 2.17. The Labute approximate surface area is 145 Å². The fraction of sp³-hybridized carbons (Fsp3) is 0.158. The van der Waals surface area contributed by atoms with Gasteiger partial charge in [0.2, 0.25) is 5.91 Å². The van der Waals surface area contributed by atoms with Crippen molar-refractivity contribution >= 4 is 22.7 Å². The number of carbonyl (C=O) groups excluding carboxylic acids is 2. The Kier molecular flexibility index (Phi) is 4.81. The number of fused-ring (bicyclic) bond motifs is 1. The summed E-state index contributed by atoms with van der Waals surface area (Å²) >= 11 is 0. The zero-order valence-corrected chi connectivity index (χ0v) is 13.7. The van der Waals surface area contributed by atoms with Crippen LogP contribution in [0.25, 0.3) is 10.9 Å². The molecular formula is C19H20N4O2. The predicted molar refractivity (Wildman–Crippen MR) is 96.7 cm³/mol. The number of nitrogens with one attached hydrogen (secondary N) is 2. The van der Waals surface area contributed by atoms with Crippen molar-refractivity contribution in [3.05, 3.63) is 70.9 Å². The fourth-order valence-electron chi connectivity index (χ4n) is 2.95. The lowest BCUT2D eigenvalue weighted by Gasteiger charge is -2.05. The Hall–Kier alpha value is -3.12. The van der Waals surface area contributed by atoms with Crippen molar-refractivity contribution in [3.8, 4) is 0 Å². The molecule has 0 spiro atoms. The molecule has 0 saturated heterocycles. The van der Waals surface area contributed by atoms with E-state index in [9.17, 15) is 9.59 Å². The van der Waals surface area contributed by atoms with E-state index in [0.717, 1.165) is 17.6 Å². The number of hydrogen-bond donors (Lipinski definition) is 4. The number of amides is 2. The molecule has 0 bridgehead atoms. The molecule has 128 valence electrons. The quantitative estimate of drug-likeness (QED) is 0.525. The number of aromatic nitrogens is 1. The summed E-state index contributed by atoms with van der Waals surface area (Å²) in [6.07, 6.45) is -0.0471. The molecule has 6 heteroatoms. The maximum atomic E-state index is 11.7. The highest BCUT2D eigenvalue weighted by molar-refractivity contribution is 6.08. The Balaban J connectivity index is 1.79. The van der Waals surface area contributed by atoms with Crippen molar-refractivity contribution in [1.29, 1.82) is 0 Å². The van der Waals surface area contributed by atoms with Crippen LogP contribution in [0.5, 0.6) is 0 Å². The molecule has 0 aliphatic rings. The Morgan fingerprint density at radius 1 is 0.960 bits per heavy atom. The maximum Gasteiger partial charge on any atom is 0.251 e. The molecule has 0 fully saturated rings. The monoisotopic (exact) mass is 336 g/mol. The molecule has 0 aliphatic carbocycles. The van der Waals surface area contributed by atoms with Crippen molar-refractivity contribution in [2.45, 2.75) is 19.5 Å². The second-order valence-electron chi connectivity index (χ2n) is 5.95. The molecule has 0 atom stereocenters. The van der Waals surface area contributed by atoms with Crippen molar-refractivity contribution in [3.63, 3.8) is 0 Å². The van der Waals surface area contributed by atoms with Gasteiger partial charge in [-0.15, -0.1) is 0 Å². The Morgan fingerprint density at radius 3 is 2.36 bits per heavy atom. The van der Waals surface area contributed by atoms with Gasteiger partial charge in [0.15, 0.2) is 0 Å². The number of hydrogen-bond acceptors (Lipinski definition) is 3. The van der Waals surface area contributed by atoms with Crippen LogP contribution in [-0.2, 0) is 24.3 Å². The number of H-pyrrole nitrogens is 1. The third-order valence-corrected chi connectivity index (χ3v) is 4.04. The van der Waals surface area contributed by atoms with E-state index in [0.29, 0.717) is 23.2 Å². The van der Waals surface area contributed by atoms with Crippen LogP contribution in [-0.4, -0.2) is 16.8 Å². The van der Waals surface area contributed by atoms with Gasteiger partial charge in [-0.25, -0.2) is 0 Å². The van der Waals surface area contributed by atoms with Crippen LogP contribution in [0.15, 0.2) is 48.5 Å². The van der Waals surface area contributed by atoms with E-state index in [2.05, 4.69) is 22.4 Å². The van der Waals surface area contributed by atoms with Crippen LogP contribution < -0.4 is 16.8 Å². The van der Waals surface area contributed by atoms with E-state index in [1.54, 1.807) is 0 Å². The smallest absolute Gasteiger partial charge is 0.251 e. The average molecular weight is 336 g/mol. The van der Waals surface area contributed by atoms with Gasteiger partial charge in [0.25, 0.3) is 5.91 Å². The molecule has 1 heterocycles. The number of benzene rings is 2. The molecule has 3 rings (SSSR count). The summed E-state index contributed by atoms with van der Waals surface area (Å²) in [5.41, 5.74) is 14.5. The molecule has 6 nitrogen and oxygen atoms in total. The number of rotatable bonds is 7. The molecule has 25 heavy (non-hydrogen) atoms. The van der Waals surface area contributed by atoms with E-state index in [-0.39, 0.29) is 6.42 Å². The van der Waals surface area contributed by atoms with Gasteiger partial charge in [-0.2, -0.15) is 0 Å². The van der Waals surface area contributed by atoms with Gasteiger partial charge in [0.1, 0.15) is 0 Å². The van der Waals surface area contributed by atoms with Gasteiger partial charge in [-0.1, -0.05) is 42.5 Å². The normalized spacial score (nSPS) is 10.9. The molecule has 1 aromatic heterocycles. The molecule has 2 amide bonds. The van der Waals surface area contributed by atoms with Gasteiger partial charge in [0, 0.05) is 29.7 Å². The first kappa shape index (κ1) is 16.7. The minimum Gasteiger partial charge on any atom is -0.369 e. The average Bonchev–Trinajstić information content (AvgIpc) is 2.92. The van der Waals surface area contributed by atoms with Crippen molar-refractivity contribution in [2.24, 2.45) is 11.5 Å². The molecule has 2 aromatic carbocycles. The minimum absolute atomic E-state index is 0.0471. The first-order valence-electron chi connectivity index (χ1n) is 8.01. The third-order valence-electron chi connectivity index (χ3n) is 4.04. The van der Waals surface area contributed by atoms with Gasteiger partial charge in [-0.3, -0.25) is 9.59 Å². The lowest BCUT2D eigenvalue weighted by molar-refractivity contribution is -0.117. The minimum atomic E-state index is -0.572. The number of nitrogens with two attached hydrogens (primary N) is 2. The summed E-state index contributed by atoms with van der Waals surface area (Å²) in [5, 5.41) is 4.08. The predicted octanol–water partition coefficient (Wildman–Crippen LogP) is 1.58. The largest absolute Gasteiger partial charge is 0.369 e. The topological polar surface area (TPSA) is 114 Å². The highest BCUT2D eigenvalue weighted by Crippen LogP contribution is 2.24. The summed E-state index contributed by atoms with van der Waals surface area (Å²) in [7, 11) is 0. The van der Waals surface area contributed by atoms with Crippen LogP contribution >= 0.6 is 0 Å². The van der Waals surface area contributed by atoms with Crippen molar-refractivity contribution in [1.82, 2.24) is 10.3 Å². The van der Waals surface area contributed by atoms with Crippen LogP contribution in [0.1, 0.15) is 27.2 Å². The zero-order valence-electron chi connectivity index (χ0n) is 13.7. The van der Waals surface area contributed by atoms with E-state index >= 15 is 0 Å². The van der Waals surface area contributed by atoms with Crippen molar-refractivity contribution < 1.29 is 9.59 Å². The van der Waals surface area contributed by atoms with E-state index in [1.807, 2.05) is 36.4 Å². The lowest BCUT2D eigenvalue weighted by atomic mass is 10.1. The third kappa shape index (κ3) is 3.87. The van der Waals surface area contributed by atoms with Crippen LogP contribution in [0, 0.1) is 0 Å². The zero-order chi connectivity index (χ0) is 17.8. The van der Waals surface area contributed by atoms with Crippen molar-refractivity contribution in [2.75, 3.05) is 0 Å². The highest BCUT2D eigenvalue weighted by atomic mass is 16.1. The van der Waals surface area contributed by atoms with Gasteiger partial charge < -0.3 is 21.8 Å². The lowest BCUT2D eigenvalue weighted by Crippen LogP contribution is -2.18. The van der Waals surface area contributed by atoms with E-state index in [4.69, 9.17) is 11.5 Å². The number of carbonyl (C=O) groups is 2. The van der Waals surface area contributed by atoms with E-state index < -0.39 is 11.8 Å². The summed E-state index contributed by atoms with van der Waals surface area (Å²) in [6.45, 7) is 1.45. The summed E-state index contributed by atoms with van der Waals surface area (Å²) < 4.78 is 0. The summed E-state index contributed by atoms with van der Waals surface area (Å²) in [5.74, 6) is -1.09. The fourth-order valence-corrected chi connectivity index (χ4v) is 2.95. The Bertz CT molecular complexity index is 916. The second-order valence-corrected chi connectivity index (χ2v) is 5.95. The second kappa shape index (κ2) is 7.19. The maximum absolute atomic E-state index is 11.7. The molecule has 3 aromatic rings. The van der Waals surface area contributed by atoms with Crippen LogP contribution in [0.4, 0.5) is 0 Å². The van der Waals surface area contributed by atoms with Gasteiger partial charge >= 0.3 is 0 Å².